The standard InChI is InChI=1S/C14H16N6O3.ClH/c15-11-2-1-5-18(7-11)14(21)10-3-4-12(13(6-10)20(22)23)19-9-16-8-17-19;/h3-4,6,8-9,11H,1-2,5,7,15H2;1H. The van der Waals surface area contributed by atoms with Gasteiger partial charge in [-0.1, -0.05) is 0 Å². The molecule has 1 amide bonds. The van der Waals surface area contributed by atoms with Crippen LogP contribution in [-0.2, 0) is 0 Å². The first-order chi connectivity index (χ1) is 11.1. The van der Waals surface area contributed by atoms with Crippen LogP contribution in [0.15, 0.2) is 30.9 Å². The normalized spacial score (nSPS) is 17.2. The highest BCUT2D eigenvalue weighted by Crippen LogP contribution is 2.24. The summed E-state index contributed by atoms with van der Waals surface area (Å²) in [6, 6.07) is 4.30. The molecule has 1 fully saturated rings. The molecule has 1 aliphatic heterocycles. The van der Waals surface area contributed by atoms with Crippen LogP contribution in [0.3, 0.4) is 0 Å². The molecule has 1 unspecified atom stereocenters. The zero-order valence-electron chi connectivity index (χ0n) is 12.7. The zero-order chi connectivity index (χ0) is 16.4. The van der Waals surface area contributed by atoms with Crippen LogP contribution in [-0.4, -0.2) is 49.6 Å². The van der Waals surface area contributed by atoms with Gasteiger partial charge in [0.25, 0.3) is 11.6 Å². The summed E-state index contributed by atoms with van der Waals surface area (Å²) in [7, 11) is 0. The Morgan fingerprint density at radius 3 is 2.83 bits per heavy atom. The van der Waals surface area contributed by atoms with Gasteiger partial charge in [0.2, 0.25) is 0 Å². The molecule has 2 heterocycles. The molecule has 1 saturated heterocycles. The van der Waals surface area contributed by atoms with Crippen molar-refractivity contribution in [3.05, 3.63) is 46.5 Å². The Labute approximate surface area is 144 Å². The third-order valence-electron chi connectivity index (χ3n) is 3.83. The number of amides is 1. The van der Waals surface area contributed by atoms with E-state index in [9.17, 15) is 14.9 Å². The van der Waals surface area contributed by atoms with Gasteiger partial charge in [-0.3, -0.25) is 14.9 Å². The Morgan fingerprint density at radius 2 is 2.21 bits per heavy atom. The Kier molecular flexibility index (Phi) is 5.47. The monoisotopic (exact) mass is 352 g/mol. The quantitative estimate of drug-likeness (QED) is 0.653. The summed E-state index contributed by atoms with van der Waals surface area (Å²) in [5.74, 6) is -0.242. The van der Waals surface area contributed by atoms with Crippen molar-refractivity contribution in [3.63, 3.8) is 0 Å². The fourth-order valence-corrected chi connectivity index (χ4v) is 2.71. The molecule has 1 aromatic carbocycles. The lowest BCUT2D eigenvalue weighted by molar-refractivity contribution is -0.384. The summed E-state index contributed by atoms with van der Waals surface area (Å²) >= 11 is 0. The molecule has 24 heavy (non-hydrogen) atoms. The topological polar surface area (TPSA) is 120 Å². The van der Waals surface area contributed by atoms with Gasteiger partial charge in [-0.25, -0.2) is 9.67 Å². The van der Waals surface area contributed by atoms with E-state index in [1.807, 2.05) is 0 Å². The van der Waals surface area contributed by atoms with Crippen LogP contribution in [0.2, 0.25) is 0 Å². The lowest BCUT2D eigenvalue weighted by Gasteiger charge is -2.30. The summed E-state index contributed by atoms with van der Waals surface area (Å²) in [5.41, 5.74) is 6.23. The number of hydrogen-bond donors (Lipinski definition) is 1. The third kappa shape index (κ3) is 3.52. The van der Waals surface area contributed by atoms with E-state index in [0.29, 0.717) is 13.1 Å². The number of likely N-dealkylation sites (tertiary alicyclic amines) is 1. The molecule has 0 aliphatic carbocycles. The summed E-state index contributed by atoms with van der Waals surface area (Å²) in [6.07, 6.45) is 4.38. The van der Waals surface area contributed by atoms with E-state index in [4.69, 9.17) is 5.73 Å². The van der Waals surface area contributed by atoms with Crippen molar-refractivity contribution < 1.29 is 9.72 Å². The Bertz CT molecular complexity index is 736. The van der Waals surface area contributed by atoms with E-state index < -0.39 is 4.92 Å². The number of halogens is 1. The number of nitro groups is 1. The molecule has 1 aromatic heterocycles. The Hall–Kier alpha value is -2.52. The van der Waals surface area contributed by atoms with Crippen LogP contribution in [0.25, 0.3) is 5.69 Å². The summed E-state index contributed by atoms with van der Waals surface area (Å²) in [6.45, 7) is 1.09. The Morgan fingerprint density at radius 1 is 1.42 bits per heavy atom. The number of nitrogens with zero attached hydrogens (tertiary/aromatic N) is 5. The number of nitro benzene ring substituents is 1. The maximum Gasteiger partial charge on any atom is 0.295 e. The second-order valence-corrected chi connectivity index (χ2v) is 5.45. The number of carbonyl (C=O) groups is 1. The van der Waals surface area contributed by atoms with Gasteiger partial charge < -0.3 is 10.6 Å². The highest BCUT2D eigenvalue weighted by molar-refractivity contribution is 5.95. The highest BCUT2D eigenvalue weighted by atomic mass is 35.5. The number of piperidine rings is 1. The number of hydrogen-bond acceptors (Lipinski definition) is 6. The number of rotatable bonds is 3. The molecule has 2 aromatic rings. The van der Waals surface area contributed by atoms with E-state index in [1.54, 1.807) is 11.0 Å². The fourth-order valence-electron chi connectivity index (χ4n) is 2.71. The van der Waals surface area contributed by atoms with Gasteiger partial charge in [0, 0.05) is 30.8 Å². The maximum absolute atomic E-state index is 12.5. The van der Waals surface area contributed by atoms with Crippen molar-refractivity contribution in [2.45, 2.75) is 18.9 Å². The molecule has 0 saturated carbocycles. The van der Waals surface area contributed by atoms with Crippen molar-refractivity contribution in [2.24, 2.45) is 5.73 Å². The summed E-state index contributed by atoms with van der Waals surface area (Å²) in [4.78, 5) is 28.7. The van der Waals surface area contributed by atoms with Crippen LogP contribution >= 0.6 is 12.4 Å². The van der Waals surface area contributed by atoms with E-state index in [-0.39, 0.29) is 41.3 Å². The van der Waals surface area contributed by atoms with Crippen LogP contribution in [0.4, 0.5) is 5.69 Å². The van der Waals surface area contributed by atoms with Crippen molar-refractivity contribution in [1.29, 1.82) is 0 Å². The maximum atomic E-state index is 12.5. The second kappa shape index (κ2) is 7.37. The second-order valence-electron chi connectivity index (χ2n) is 5.45. The fraction of sp³-hybridized carbons (Fsp3) is 0.357. The zero-order valence-corrected chi connectivity index (χ0v) is 13.6. The third-order valence-corrected chi connectivity index (χ3v) is 3.83. The molecular formula is C14H17ClN6O3. The molecule has 2 N–H and O–H groups in total. The molecule has 0 radical (unpaired) electrons. The molecule has 3 rings (SSSR count). The molecule has 10 heteroatoms. The first-order valence-corrected chi connectivity index (χ1v) is 7.24. The largest absolute Gasteiger partial charge is 0.337 e. The molecular weight excluding hydrogens is 336 g/mol. The average molecular weight is 353 g/mol. The van der Waals surface area contributed by atoms with Gasteiger partial charge in [0.1, 0.15) is 18.3 Å². The van der Waals surface area contributed by atoms with Crippen molar-refractivity contribution >= 4 is 24.0 Å². The lowest BCUT2D eigenvalue weighted by atomic mass is 10.0. The predicted molar refractivity (Wildman–Crippen MR) is 88.4 cm³/mol. The van der Waals surface area contributed by atoms with Gasteiger partial charge in [-0.2, -0.15) is 5.10 Å². The van der Waals surface area contributed by atoms with Crippen molar-refractivity contribution in [1.82, 2.24) is 19.7 Å². The highest BCUT2D eigenvalue weighted by Gasteiger charge is 2.25. The number of aromatic nitrogens is 3. The van der Waals surface area contributed by atoms with E-state index in [0.717, 1.165) is 12.8 Å². The SMILES string of the molecule is Cl.NC1CCCN(C(=O)c2ccc(-n3cncn3)c([N+](=O)[O-])c2)C1. The number of nitrogens with two attached hydrogens (primary N) is 1. The van der Waals surface area contributed by atoms with E-state index in [2.05, 4.69) is 10.1 Å². The molecule has 0 bridgehead atoms. The van der Waals surface area contributed by atoms with Crippen LogP contribution in [0, 0.1) is 10.1 Å². The first kappa shape index (κ1) is 17.8. The summed E-state index contributed by atoms with van der Waals surface area (Å²) < 4.78 is 1.29. The molecule has 1 aliphatic rings. The molecule has 0 spiro atoms. The summed E-state index contributed by atoms with van der Waals surface area (Å²) in [5, 5.41) is 15.2. The van der Waals surface area contributed by atoms with Crippen LogP contribution < -0.4 is 5.73 Å². The molecule has 128 valence electrons. The minimum absolute atomic E-state index is 0. The van der Waals surface area contributed by atoms with Gasteiger partial charge in [-0.15, -0.1) is 12.4 Å². The van der Waals surface area contributed by atoms with Crippen LogP contribution in [0.5, 0.6) is 0 Å². The molecule has 1 atom stereocenters. The van der Waals surface area contributed by atoms with Gasteiger partial charge in [0.05, 0.1) is 4.92 Å². The first-order valence-electron chi connectivity index (χ1n) is 7.24. The molecule has 9 nitrogen and oxygen atoms in total. The van der Waals surface area contributed by atoms with Crippen LogP contribution in [0.1, 0.15) is 23.2 Å². The minimum atomic E-state index is -0.532. The average Bonchev–Trinajstić information content (AvgIpc) is 3.08. The smallest absolute Gasteiger partial charge is 0.295 e. The van der Waals surface area contributed by atoms with E-state index in [1.165, 1.54) is 29.5 Å². The number of benzene rings is 1. The lowest BCUT2D eigenvalue weighted by Crippen LogP contribution is -2.45. The van der Waals surface area contributed by atoms with Gasteiger partial charge in [-0.05, 0) is 25.0 Å². The predicted octanol–water partition coefficient (Wildman–Crippen LogP) is 1.16. The Balaban J connectivity index is 0.00000208. The number of carbonyl (C=O) groups excluding carboxylic acids is 1. The van der Waals surface area contributed by atoms with E-state index >= 15 is 0 Å². The van der Waals surface area contributed by atoms with Gasteiger partial charge in [0.15, 0.2) is 0 Å². The van der Waals surface area contributed by atoms with Crippen molar-refractivity contribution in [2.75, 3.05) is 13.1 Å². The minimum Gasteiger partial charge on any atom is -0.337 e. The van der Waals surface area contributed by atoms with Crippen molar-refractivity contribution in [3.8, 4) is 5.69 Å². The van der Waals surface area contributed by atoms with Gasteiger partial charge >= 0.3 is 0 Å².